The molecule has 4 aliphatic rings. The van der Waals surface area contributed by atoms with Gasteiger partial charge in [-0.3, -0.25) is 9.59 Å². The highest BCUT2D eigenvalue weighted by atomic mass is 16.3. The number of carbonyl (C=O) groups excluding carboxylic acids is 2. The van der Waals surface area contributed by atoms with Crippen LogP contribution in [0.2, 0.25) is 0 Å². The molecule has 1 aromatic rings. The largest absolute Gasteiger partial charge is 0.505 e. The Bertz CT molecular complexity index is 767. The fourth-order valence-electron chi connectivity index (χ4n) is 6.01. The molecule has 0 aliphatic heterocycles. The molecule has 0 radical (unpaired) electrons. The Kier molecular flexibility index (Phi) is 5.13. The van der Waals surface area contributed by atoms with Crippen LogP contribution in [0.25, 0.3) is 0 Å². The van der Waals surface area contributed by atoms with Crippen LogP contribution in [0, 0.1) is 23.2 Å². The third-order valence-corrected chi connectivity index (χ3v) is 6.93. The minimum atomic E-state index is -0.451. The lowest BCUT2D eigenvalue weighted by Gasteiger charge is -2.57. The molecule has 4 bridgehead atoms. The normalized spacial score (nSPS) is 30.9. The fraction of sp³-hybridized carbons (Fsp3) is 0.591. The predicted octanol–water partition coefficient (Wildman–Crippen LogP) is 2.80. The van der Waals surface area contributed by atoms with Crippen LogP contribution in [0.15, 0.2) is 30.0 Å². The standard InChI is InChI=1S/C22H29N3O3/c1-14(22-11-15-8-16(12-22)10-17(9-15)13-22)7-19(27)23-5-6-25-21(28)20-18(26)3-2-4-24-20/h2-4,7,15-17,26H,5-6,8-13H2,1H3,(H,23,27)(H,25,28)/b14-7-. The van der Waals surface area contributed by atoms with Crippen LogP contribution in [-0.4, -0.2) is 35.0 Å². The molecule has 3 N–H and O–H groups in total. The van der Waals surface area contributed by atoms with Crippen LogP contribution in [0.5, 0.6) is 5.75 Å². The molecule has 6 nitrogen and oxygen atoms in total. The van der Waals surface area contributed by atoms with E-state index in [1.807, 2.05) is 0 Å². The highest BCUT2D eigenvalue weighted by Crippen LogP contribution is 2.62. The van der Waals surface area contributed by atoms with Crippen molar-refractivity contribution in [3.8, 4) is 5.75 Å². The SMILES string of the molecule is C/C(=C/C(=O)NCCNC(=O)c1ncccc1O)C12CC3CC(CC(C3)C1)C2. The maximum Gasteiger partial charge on any atom is 0.273 e. The Morgan fingerprint density at radius 1 is 1.14 bits per heavy atom. The zero-order valence-electron chi connectivity index (χ0n) is 16.4. The van der Waals surface area contributed by atoms with Gasteiger partial charge < -0.3 is 15.7 Å². The van der Waals surface area contributed by atoms with Gasteiger partial charge in [0.2, 0.25) is 5.91 Å². The molecule has 4 fully saturated rings. The van der Waals surface area contributed by atoms with Gasteiger partial charge in [-0.2, -0.15) is 0 Å². The van der Waals surface area contributed by atoms with Crippen molar-refractivity contribution in [2.24, 2.45) is 23.2 Å². The van der Waals surface area contributed by atoms with E-state index in [0.717, 1.165) is 17.8 Å². The number of aromatic nitrogens is 1. The number of allylic oxidation sites excluding steroid dienone is 1. The molecular weight excluding hydrogens is 354 g/mol. The van der Waals surface area contributed by atoms with E-state index in [4.69, 9.17) is 0 Å². The summed E-state index contributed by atoms with van der Waals surface area (Å²) in [7, 11) is 0. The maximum absolute atomic E-state index is 12.4. The zero-order valence-corrected chi connectivity index (χ0v) is 16.4. The van der Waals surface area contributed by atoms with Crippen molar-refractivity contribution < 1.29 is 14.7 Å². The Labute approximate surface area is 165 Å². The van der Waals surface area contributed by atoms with Crippen molar-refractivity contribution in [3.05, 3.63) is 35.7 Å². The predicted molar refractivity (Wildman–Crippen MR) is 106 cm³/mol. The smallest absolute Gasteiger partial charge is 0.273 e. The van der Waals surface area contributed by atoms with Crippen molar-refractivity contribution in [1.29, 1.82) is 0 Å². The van der Waals surface area contributed by atoms with Gasteiger partial charge in [-0.1, -0.05) is 5.57 Å². The summed E-state index contributed by atoms with van der Waals surface area (Å²) in [6.45, 7) is 2.74. The lowest BCUT2D eigenvalue weighted by molar-refractivity contribution is -0.116. The van der Waals surface area contributed by atoms with E-state index in [1.165, 1.54) is 56.4 Å². The number of hydrogen-bond donors (Lipinski definition) is 3. The first kappa shape index (κ1) is 19.0. The molecule has 0 unspecified atom stereocenters. The van der Waals surface area contributed by atoms with Gasteiger partial charge in [0.05, 0.1) is 0 Å². The fourth-order valence-corrected chi connectivity index (χ4v) is 6.01. The summed E-state index contributed by atoms with van der Waals surface area (Å²) in [6.07, 6.45) is 11.2. The first-order valence-electron chi connectivity index (χ1n) is 10.3. The lowest BCUT2D eigenvalue weighted by atomic mass is 9.48. The number of nitrogens with one attached hydrogen (secondary N) is 2. The van der Waals surface area contributed by atoms with Gasteiger partial charge >= 0.3 is 0 Å². The molecule has 0 saturated heterocycles. The first-order valence-corrected chi connectivity index (χ1v) is 10.3. The Morgan fingerprint density at radius 2 is 1.75 bits per heavy atom. The monoisotopic (exact) mass is 383 g/mol. The third-order valence-electron chi connectivity index (χ3n) is 6.93. The second-order valence-corrected chi connectivity index (χ2v) is 8.94. The molecule has 150 valence electrons. The van der Waals surface area contributed by atoms with Crippen LogP contribution in [0.4, 0.5) is 0 Å². The number of aromatic hydroxyl groups is 1. The van der Waals surface area contributed by atoms with Crippen LogP contribution < -0.4 is 10.6 Å². The molecule has 1 aromatic heterocycles. The van der Waals surface area contributed by atoms with E-state index >= 15 is 0 Å². The van der Waals surface area contributed by atoms with Crippen molar-refractivity contribution in [1.82, 2.24) is 15.6 Å². The summed E-state index contributed by atoms with van der Waals surface area (Å²) >= 11 is 0. The van der Waals surface area contributed by atoms with E-state index in [9.17, 15) is 14.7 Å². The summed E-state index contributed by atoms with van der Waals surface area (Å²) in [4.78, 5) is 28.2. The molecule has 28 heavy (non-hydrogen) atoms. The second kappa shape index (κ2) is 7.57. The first-order chi connectivity index (χ1) is 13.4. The number of pyridine rings is 1. The minimum absolute atomic E-state index is 0.00798. The van der Waals surface area contributed by atoms with Crippen LogP contribution >= 0.6 is 0 Å². The third kappa shape index (κ3) is 3.77. The average Bonchev–Trinajstić information content (AvgIpc) is 2.64. The number of hydrogen-bond acceptors (Lipinski definition) is 4. The lowest BCUT2D eigenvalue weighted by Crippen LogP contribution is -2.46. The minimum Gasteiger partial charge on any atom is -0.505 e. The molecule has 2 amide bonds. The molecule has 0 spiro atoms. The highest BCUT2D eigenvalue weighted by molar-refractivity contribution is 5.94. The summed E-state index contributed by atoms with van der Waals surface area (Å²) < 4.78 is 0. The van der Waals surface area contributed by atoms with Gasteiger partial charge in [-0.25, -0.2) is 4.98 Å². The van der Waals surface area contributed by atoms with E-state index in [-0.39, 0.29) is 29.3 Å². The highest BCUT2D eigenvalue weighted by Gasteiger charge is 2.51. The van der Waals surface area contributed by atoms with Crippen molar-refractivity contribution in [3.63, 3.8) is 0 Å². The second-order valence-electron chi connectivity index (χ2n) is 8.94. The number of rotatable bonds is 6. The van der Waals surface area contributed by atoms with E-state index < -0.39 is 5.91 Å². The summed E-state index contributed by atoms with van der Waals surface area (Å²) in [5, 5.41) is 15.2. The van der Waals surface area contributed by atoms with Crippen molar-refractivity contribution in [2.75, 3.05) is 13.1 Å². The zero-order chi connectivity index (χ0) is 19.7. The average molecular weight is 383 g/mol. The van der Waals surface area contributed by atoms with Gasteiger partial charge in [0, 0.05) is 25.4 Å². The maximum atomic E-state index is 12.4. The number of carbonyl (C=O) groups is 2. The molecule has 4 saturated carbocycles. The molecule has 1 heterocycles. The van der Waals surface area contributed by atoms with E-state index in [0.29, 0.717) is 6.54 Å². The quantitative estimate of drug-likeness (QED) is 0.520. The van der Waals surface area contributed by atoms with Gasteiger partial charge in [0.1, 0.15) is 5.75 Å². The van der Waals surface area contributed by atoms with Gasteiger partial charge in [0.25, 0.3) is 5.91 Å². The van der Waals surface area contributed by atoms with Gasteiger partial charge in [-0.15, -0.1) is 0 Å². The van der Waals surface area contributed by atoms with Gasteiger partial charge in [-0.05, 0) is 80.8 Å². The molecular formula is C22H29N3O3. The molecule has 5 rings (SSSR count). The number of nitrogens with zero attached hydrogens (tertiary/aromatic N) is 1. The van der Waals surface area contributed by atoms with Gasteiger partial charge in [0.15, 0.2) is 5.69 Å². The topological polar surface area (TPSA) is 91.3 Å². The molecule has 4 aliphatic carbocycles. The van der Waals surface area contributed by atoms with Crippen LogP contribution in [-0.2, 0) is 4.79 Å². The van der Waals surface area contributed by atoms with E-state index in [1.54, 1.807) is 12.1 Å². The van der Waals surface area contributed by atoms with Crippen molar-refractivity contribution >= 4 is 11.8 Å². The van der Waals surface area contributed by atoms with Crippen LogP contribution in [0.3, 0.4) is 0 Å². The molecule has 0 atom stereocenters. The molecule has 0 aromatic carbocycles. The molecule has 6 heteroatoms. The Hall–Kier alpha value is -2.37. The summed E-state index contributed by atoms with van der Waals surface area (Å²) in [5.74, 6) is 1.87. The number of amides is 2. The van der Waals surface area contributed by atoms with Crippen LogP contribution in [0.1, 0.15) is 55.9 Å². The van der Waals surface area contributed by atoms with Crippen molar-refractivity contribution in [2.45, 2.75) is 45.4 Å². The summed E-state index contributed by atoms with van der Waals surface area (Å²) in [5.41, 5.74) is 1.47. The summed E-state index contributed by atoms with van der Waals surface area (Å²) in [6, 6.07) is 2.98. The van der Waals surface area contributed by atoms with E-state index in [2.05, 4.69) is 22.5 Å². The Balaban J connectivity index is 1.26. The Morgan fingerprint density at radius 3 is 2.36 bits per heavy atom.